The Kier molecular flexibility index (Phi) is 18.6. The van der Waals surface area contributed by atoms with Crippen molar-refractivity contribution in [2.75, 3.05) is 49.2 Å². The van der Waals surface area contributed by atoms with Gasteiger partial charge in [0.2, 0.25) is 0 Å². The number of nitrogens with zero attached hydrogens (tertiary/aromatic N) is 17. The number of nitrogen functional groups attached to an aromatic ring is 4. The monoisotopic (exact) mass is 1370 g/mol. The number of ether oxygens (including phenoxy) is 10. The van der Waals surface area contributed by atoms with Crippen LogP contribution in [0.25, 0.3) is 44.7 Å². The minimum atomic E-state index is -1.19. The summed E-state index contributed by atoms with van der Waals surface area (Å²) in [5.74, 6) is -1.84. The second kappa shape index (κ2) is 26.5. The molecule has 524 valence electrons. The van der Waals surface area contributed by atoms with Crippen LogP contribution in [-0.2, 0) is 47.4 Å². The second-order valence-electron chi connectivity index (χ2n) is 24.6. The lowest BCUT2D eigenvalue weighted by atomic mass is 10.1. The number of nitrogens with one attached hydrogen (secondary N) is 2. The molecule has 16 heterocycles. The van der Waals surface area contributed by atoms with Crippen molar-refractivity contribution < 1.29 is 84.3 Å². The van der Waals surface area contributed by atoms with E-state index in [-0.39, 0.29) is 74.0 Å². The van der Waals surface area contributed by atoms with Gasteiger partial charge in [-0.15, -0.1) is 0 Å². The maximum absolute atomic E-state index is 12.9. The molecule has 17 rings (SSSR count). The first-order valence-corrected chi connectivity index (χ1v) is 30.4. The Bertz CT molecular complexity index is 4250. The van der Waals surface area contributed by atoms with Crippen LogP contribution in [0, 0.1) is 11.1 Å². The number of hydrogen-bond donors (Lipinski definition) is 11. The molecule has 0 radical (unpaired) electrons. The van der Waals surface area contributed by atoms with Gasteiger partial charge < -0.3 is 102 Å². The zero-order chi connectivity index (χ0) is 68.7. The Morgan fingerprint density at radius 2 is 0.755 bits per heavy atom. The van der Waals surface area contributed by atoms with Gasteiger partial charge in [-0.1, -0.05) is 12.1 Å². The molecule has 41 nitrogen and oxygen atoms in total. The van der Waals surface area contributed by atoms with E-state index < -0.39 is 91.6 Å². The Balaban J connectivity index is 0.000000134. The molecule has 8 aliphatic heterocycles. The van der Waals surface area contributed by atoms with E-state index >= 15 is 0 Å². The van der Waals surface area contributed by atoms with Crippen LogP contribution in [0.15, 0.2) is 74.9 Å². The number of hydrogen-bond acceptors (Lipinski definition) is 35. The number of fused-ring (bicyclic) bond motifs is 8. The minimum absolute atomic E-state index is 0. The van der Waals surface area contributed by atoms with E-state index in [0.29, 0.717) is 74.0 Å². The summed E-state index contributed by atoms with van der Waals surface area (Å²) in [7, 11) is 0. The van der Waals surface area contributed by atoms with E-state index in [4.69, 9.17) is 92.2 Å². The molecule has 1 aromatic carbocycles. The number of rotatable bonds is 9. The van der Waals surface area contributed by atoms with Gasteiger partial charge >= 0.3 is 0 Å². The molecule has 18 N–H and O–H groups in total. The number of nitrogens with two attached hydrogens (primary N) is 5. The fourth-order valence-electron chi connectivity index (χ4n) is 13.1. The number of aromatic nitrogens is 16. The maximum atomic E-state index is 12.9. The molecule has 41 heteroatoms. The molecule has 8 aromatic heterocycles. The molecule has 2 amide bonds. The fourth-order valence-corrected chi connectivity index (χ4v) is 13.1. The highest BCUT2D eigenvalue weighted by molar-refractivity contribution is 6.21. The Hall–Kier alpha value is -9.28. The van der Waals surface area contributed by atoms with Crippen molar-refractivity contribution in [3.05, 3.63) is 86.0 Å². The third kappa shape index (κ3) is 12.1. The van der Waals surface area contributed by atoms with Gasteiger partial charge in [0, 0.05) is 7.97 Å². The highest BCUT2D eigenvalue weighted by Crippen LogP contribution is 2.47. The number of benzene rings is 1. The number of carbonyl (C=O) groups excluding carboxylic acids is 2. The third-order valence-electron chi connectivity index (χ3n) is 17.2. The van der Waals surface area contributed by atoms with Gasteiger partial charge in [-0.3, -0.25) is 32.8 Å². The molecule has 0 saturated carbocycles. The molecule has 16 atom stereocenters. The number of amides is 2. The summed E-state index contributed by atoms with van der Waals surface area (Å²) in [6.45, 7) is 10.9. The minimum Gasteiger partial charge on any atom is -0.412 e. The summed E-state index contributed by atoms with van der Waals surface area (Å²) in [4.78, 5) is 76.2. The molecule has 0 spiro atoms. The first-order valence-electron chi connectivity index (χ1n) is 30.4. The van der Waals surface area contributed by atoms with Crippen LogP contribution in [0.1, 0.15) is 88.6 Å². The number of carbonyl (C=O) groups is 2. The molecule has 0 bridgehead atoms. The van der Waals surface area contributed by atoms with Crippen LogP contribution in [0.4, 0.5) is 23.3 Å². The standard InChI is InChI=1S/C21H20N6O5.C13H18N6O3.C13H17N5O4.C10H13N5O4.H2N2.H2O.H2/c1-21(2)31-14-12(7-26-18(28)10-5-3-4-6-11(10)19(26)29)30-20(15(14)32-21)27-9-25-13-16(22)23-8-24-17(13)27;1-13(2)21-8-6(3-14)20-12(9(8)22-13)19-5-18-7-10(15)16-4-17-11(7)19;1-13(2)21-8-6(3-19)20-12(9(8)22-13)18-5-17-7-10(14)15-4-16-11(7)18;11-8-5-9(13-2-12-8)15(3-14-5)10-7(18)6(17)4(1-16)19-10;1-2;;/h3-6,8-9,12,14-15,20H,7H2,1-2H3,(H2,22,23,24);4-6,8-9,12H,3,14H2,1-2H3,(H2,15,16,17);4-6,8-9,12,19H,3H2,1-2H3,(H2,14,15,16);2-4,6-7,10,16-18H,1H2,(H2,11,12,13);1-2H;1H2;1H/t12-,14-,15?,20-;2*6-,8-,9?,12-;4-,6-,7-,10-;;;/m1111.../s1. The van der Waals surface area contributed by atoms with Crippen LogP contribution in [0.5, 0.6) is 0 Å². The van der Waals surface area contributed by atoms with Crippen LogP contribution in [0.2, 0.25) is 0 Å². The van der Waals surface area contributed by atoms with E-state index in [1.165, 1.54) is 41.1 Å². The number of aliphatic hydroxyl groups excluding tert-OH is 4. The topological polar surface area (TPSA) is 594 Å². The van der Waals surface area contributed by atoms with E-state index in [9.17, 15) is 24.9 Å². The van der Waals surface area contributed by atoms with Crippen LogP contribution >= 0.6 is 0 Å². The van der Waals surface area contributed by atoms with Crippen molar-refractivity contribution in [2.24, 2.45) is 5.73 Å². The van der Waals surface area contributed by atoms with E-state index in [1.807, 2.05) is 41.5 Å². The largest absolute Gasteiger partial charge is 0.412 e. The van der Waals surface area contributed by atoms with E-state index in [1.54, 1.807) is 56.9 Å². The summed E-state index contributed by atoms with van der Waals surface area (Å²) >= 11 is 0. The first-order chi connectivity index (χ1) is 46.5. The van der Waals surface area contributed by atoms with Gasteiger partial charge in [0.25, 0.3) is 11.8 Å². The summed E-state index contributed by atoms with van der Waals surface area (Å²) in [6, 6.07) is 6.77. The molecule has 8 aliphatic rings. The zero-order valence-electron chi connectivity index (χ0n) is 53.2. The molecule has 3 unspecified atom stereocenters. The maximum Gasteiger partial charge on any atom is 0.261 e. The lowest BCUT2D eigenvalue weighted by molar-refractivity contribution is -0.199. The summed E-state index contributed by atoms with van der Waals surface area (Å²) in [5, 5.41) is 38.3. The molecule has 7 saturated heterocycles. The van der Waals surface area contributed by atoms with Crippen molar-refractivity contribution in [2.45, 2.75) is 157 Å². The molecular formula is C57H74N24O17. The van der Waals surface area contributed by atoms with Gasteiger partial charge in [-0.05, 0) is 53.7 Å². The summed E-state index contributed by atoms with van der Waals surface area (Å²) < 4.78 is 66.3. The quantitative estimate of drug-likeness (QED) is 0.0595. The van der Waals surface area contributed by atoms with Gasteiger partial charge in [0.05, 0.1) is 56.2 Å². The predicted octanol–water partition coefficient (Wildman–Crippen LogP) is -1.24. The number of imidazole rings is 4. The number of anilines is 4. The molecular weight excluding hydrogens is 1290 g/mol. The van der Waals surface area contributed by atoms with Crippen molar-refractivity contribution in [1.82, 2.24) is 83.0 Å². The van der Waals surface area contributed by atoms with Gasteiger partial charge in [0.1, 0.15) is 121 Å². The Labute approximate surface area is 554 Å². The highest BCUT2D eigenvalue weighted by Gasteiger charge is 2.59. The lowest BCUT2D eigenvalue weighted by Crippen LogP contribution is -2.42. The predicted molar refractivity (Wildman–Crippen MR) is 334 cm³/mol. The molecule has 0 aliphatic carbocycles. The van der Waals surface area contributed by atoms with Crippen molar-refractivity contribution in [3.63, 3.8) is 0 Å². The third-order valence-corrected chi connectivity index (χ3v) is 17.2. The van der Waals surface area contributed by atoms with Crippen molar-refractivity contribution in [3.8, 4) is 0 Å². The molecule has 98 heavy (non-hydrogen) atoms. The lowest BCUT2D eigenvalue weighted by Gasteiger charge is -2.26. The van der Waals surface area contributed by atoms with Gasteiger partial charge in [-0.25, -0.2) is 70.9 Å². The summed E-state index contributed by atoms with van der Waals surface area (Å²) in [6.07, 6.45) is 2.42. The van der Waals surface area contributed by atoms with E-state index in [0.717, 1.165) is 0 Å². The second-order valence-corrected chi connectivity index (χ2v) is 24.6. The smallest absolute Gasteiger partial charge is 0.261 e. The zero-order valence-corrected chi connectivity index (χ0v) is 53.2. The average molecular weight is 1370 g/mol. The summed E-state index contributed by atoms with van der Waals surface area (Å²) in [5.41, 5.74) is 43.7. The Morgan fingerprint density at radius 3 is 1.10 bits per heavy atom. The number of imide groups is 1. The fraction of sp³-hybridized carbons (Fsp3) is 0.509. The van der Waals surface area contributed by atoms with Gasteiger partial charge in [0.15, 0.2) is 88.1 Å². The molecule has 9 aromatic rings. The van der Waals surface area contributed by atoms with Gasteiger partial charge in [-0.2, -0.15) is 0 Å². The first kappa shape index (κ1) is 68.7. The highest BCUT2D eigenvalue weighted by atomic mass is 16.8. The van der Waals surface area contributed by atoms with Crippen LogP contribution in [0.3, 0.4) is 0 Å². The molecule has 7 fully saturated rings. The van der Waals surface area contributed by atoms with Crippen molar-refractivity contribution in [1.29, 1.82) is 11.1 Å². The van der Waals surface area contributed by atoms with E-state index in [2.05, 4.69) is 59.8 Å². The SMILES string of the molecule is CC1(C)OC2[C@H](n3cnc4c(N)ncnc43)O[C@H](CN)[C@H]2O1.CC1(C)OC2[C@H](n3cnc4c(N)ncnc43)O[C@H](CN3C(=O)c4ccccc4C3=O)[C@H]2O1.CC1(C)OC2[C@H](n3cnc4c(N)ncnc43)O[C@H](CO)[C@H]2O1.N=N.Nc1ncnc2c1ncn2[C@@H]1O[C@H](CO)[C@@H](O)[C@H]1O.O.[HH]. The van der Waals surface area contributed by atoms with Crippen molar-refractivity contribution >= 4 is 79.7 Å². The van der Waals surface area contributed by atoms with Crippen LogP contribution in [-0.4, -0.2) is 238 Å². The average Bonchev–Trinajstić information content (AvgIpc) is 1.78. The van der Waals surface area contributed by atoms with Crippen LogP contribution < -0.4 is 28.7 Å². The number of aliphatic hydroxyl groups is 4. The Morgan fingerprint density at radius 1 is 0.449 bits per heavy atom. The normalized spacial score (nSPS) is 30.4.